The Kier molecular flexibility index (Phi) is 6.41. The zero-order valence-corrected chi connectivity index (χ0v) is 17.8. The Morgan fingerprint density at radius 3 is 2.57 bits per heavy atom. The van der Waals surface area contributed by atoms with Gasteiger partial charge in [0, 0.05) is 16.8 Å². The molecule has 1 saturated heterocycles. The Morgan fingerprint density at radius 1 is 1.10 bits per heavy atom. The Balaban J connectivity index is 1.30. The lowest BCUT2D eigenvalue weighted by molar-refractivity contribution is -0.915. The van der Waals surface area contributed by atoms with Gasteiger partial charge >= 0.3 is 0 Å². The molecule has 0 spiro atoms. The van der Waals surface area contributed by atoms with Gasteiger partial charge in [0.1, 0.15) is 19.4 Å². The van der Waals surface area contributed by atoms with E-state index in [9.17, 15) is 4.79 Å². The van der Waals surface area contributed by atoms with Crippen LogP contribution in [0.4, 0.5) is 5.69 Å². The fourth-order valence-electron chi connectivity index (χ4n) is 3.66. The molecule has 30 heavy (non-hydrogen) atoms. The Hall–Kier alpha value is -2.76. The molecular weight excluding hydrogens is 400 g/mol. The monoisotopic (exact) mass is 425 g/mol. The molecule has 0 radical (unpaired) electrons. The molecule has 156 valence electrons. The standard InChI is InChI=1S/C24H25ClN2O3/c1-18-5-7-19(8-6-18)16-30-24-17-29-22(14-23(24)28)15-26-9-11-27(12-10-26)21-4-2-3-20(25)13-21/h2-8,13-14,17H,9-12,15-16H2,1H3/p+1. The molecule has 2 aromatic carbocycles. The molecule has 0 saturated carbocycles. The zero-order chi connectivity index (χ0) is 20.9. The van der Waals surface area contributed by atoms with Gasteiger partial charge < -0.3 is 19.0 Å². The third-order valence-corrected chi connectivity index (χ3v) is 5.67. The van der Waals surface area contributed by atoms with Crippen LogP contribution in [0.2, 0.25) is 5.02 Å². The van der Waals surface area contributed by atoms with Crippen LogP contribution in [0.3, 0.4) is 0 Å². The smallest absolute Gasteiger partial charge is 0.227 e. The summed E-state index contributed by atoms with van der Waals surface area (Å²) in [7, 11) is 0. The quantitative estimate of drug-likeness (QED) is 0.659. The molecule has 2 heterocycles. The maximum atomic E-state index is 12.4. The van der Waals surface area contributed by atoms with Gasteiger partial charge in [-0.15, -0.1) is 0 Å². The molecule has 1 N–H and O–H groups in total. The highest BCUT2D eigenvalue weighted by Gasteiger charge is 2.21. The Labute approximate surface area is 181 Å². The lowest BCUT2D eigenvalue weighted by atomic mass is 10.2. The molecule has 1 fully saturated rings. The predicted molar refractivity (Wildman–Crippen MR) is 119 cm³/mol. The molecule has 0 amide bonds. The van der Waals surface area contributed by atoms with Crippen LogP contribution >= 0.6 is 11.6 Å². The van der Waals surface area contributed by atoms with Gasteiger partial charge in [0.2, 0.25) is 11.2 Å². The van der Waals surface area contributed by atoms with Gasteiger partial charge in [-0.3, -0.25) is 4.79 Å². The van der Waals surface area contributed by atoms with Gasteiger partial charge in [-0.25, -0.2) is 0 Å². The van der Waals surface area contributed by atoms with Crippen molar-refractivity contribution in [1.29, 1.82) is 0 Å². The number of nitrogens with zero attached hydrogens (tertiary/aromatic N) is 1. The average Bonchev–Trinajstić information content (AvgIpc) is 2.75. The molecule has 5 nitrogen and oxygen atoms in total. The largest absolute Gasteiger partial charge is 0.482 e. The van der Waals surface area contributed by atoms with Crippen LogP contribution in [0.1, 0.15) is 16.9 Å². The summed E-state index contributed by atoms with van der Waals surface area (Å²) in [6.07, 6.45) is 1.44. The van der Waals surface area contributed by atoms with E-state index in [1.54, 1.807) is 6.07 Å². The second kappa shape index (κ2) is 9.37. The molecule has 0 atom stereocenters. The van der Waals surface area contributed by atoms with E-state index in [2.05, 4.69) is 11.0 Å². The van der Waals surface area contributed by atoms with Gasteiger partial charge in [-0.2, -0.15) is 0 Å². The highest BCUT2D eigenvalue weighted by atomic mass is 35.5. The third-order valence-electron chi connectivity index (χ3n) is 5.44. The van der Waals surface area contributed by atoms with Crippen LogP contribution in [0.15, 0.2) is 70.1 Å². The number of halogens is 1. The van der Waals surface area contributed by atoms with E-state index in [0.29, 0.717) is 18.9 Å². The number of rotatable bonds is 6. The maximum absolute atomic E-state index is 12.4. The lowest BCUT2D eigenvalue weighted by Crippen LogP contribution is -3.13. The SMILES string of the molecule is Cc1ccc(COc2coc(C[NH+]3CCN(c4cccc(Cl)c4)CC3)cc2=O)cc1. The highest BCUT2D eigenvalue weighted by Crippen LogP contribution is 2.19. The molecule has 1 aliphatic heterocycles. The summed E-state index contributed by atoms with van der Waals surface area (Å²) in [5.41, 5.74) is 3.23. The average molecular weight is 426 g/mol. The summed E-state index contributed by atoms with van der Waals surface area (Å²) in [4.78, 5) is 16.1. The Bertz CT molecular complexity index is 1040. The number of hydrogen-bond acceptors (Lipinski definition) is 4. The van der Waals surface area contributed by atoms with E-state index < -0.39 is 0 Å². The number of quaternary nitrogens is 1. The minimum absolute atomic E-state index is 0.139. The summed E-state index contributed by atoms with van der Waals surface area (Å²) >= 11 is 6.11. The number of hydrogen-bond donors (Lipinski definition) is 1. The van der Waals surface area contributed by atoms with Crippen molar-refractivity contribution in [3.8, 4) is 5.75 Å². The summed E-state index contributed by atoms with van der Waals surface area (Å²) in [5.74, 6) is 0.939. The highest BCUT2D eigenvalue weighted by molar-refractivity contribution is 6.30. The van der Waals surface area contributed by atoms with Crippen molar-refractivity contribution in [2.75, 3.05) is 31.1 Å². The topological polar surface area (TPSA) is 47.1 Å². The molecule has 1 aliphatic rings. The first-order valence-corrected chi connectivity index (χ1v) is 10.6. The van der Waals surface area contributed by atoms with Crippen molar-refractivity contribution < 1.29 is 14.1 Å². The van der Waals surface area contributed by atoms with Gasteiger partial charge in [0.05, 0.1) is 26.2 Å². The number of aryl methyl sites for hydroxylation is 1. The molecule has 0 unspecified atom stereocenters. The van der Waals surface area contributed by atoms with Crippen LogP contribution in [-0.2, 0) is 13.2 Å². The first kappa shape index (κ1) is 20.5. The molecule has 0 aliphatic carbocycles. The van der Waals surface area contributed by atoms with Crippen molar-refractivity contribution in [2.24, 2.45) is 0 Å². The van der Waals surface area contributed by atoms with E-state index in [1.807, 2.05) is 49.4 Å². The van der Waals surface area contributed by atoms with Crippen molar-refractivity contribution in [2.45, 2.75) is 20.1 Å². The zero-order valence-electron chi connectivity index (χ0n) is 17.1. The second-order valence-electron chi connectivity index (χ2n) is 7.74. The van der Waals surface area contributed by atoms with E-state index >= 15 is 0 Å². The molecule has 4 rings (SSSR count). The number of benzene rings is 2. The van der Waals surface area contributed by atoms with Crippen molar-refractivity contribution in [1.82, 2.24) is 0 Å². The molecule has 0 bridgehead atoms. The van der Waals surface area contributed by atoms with Crippen molar-refractivity contribution in [3.63, 3.8) is 0 Å². The number of anilines is 1. The minimum Gasteiger partial charge on any atom is -0.482 e. The summed E-state index contributed by atoms with van der Waals surface area (Å²) in [6, 6.07) is 17.6. The third kappa shape index (κ3) is 5.23. The van der Waals surface area contributed by atoms with Crippen LogP contribution < -0.4 is 20.0 Å². The maximum Gasteiger partial charge on any atom is 0.227 e. The molecule has 1 aromatic heterocycles. The molecule has 3 aromatic rings. The molecule has 6 heteroatoms. The summed E-state index contributed by atoms with van der Waals surface area (Å²) < 4.78 is 11.3. The van der Waals surface area contributed by atoms with Crippen LogP contribution in [0.25, 0.3) is 0 Å². The van der Waals surface area contributed by atoms with E-state index in [1.165, 1.54) is 16.7 Å². The summed E-state index contributed by atoms with van der Waals surface area (Å²) in [6.45, 7) is 6.91. The van der Waals surface area contributed by atoms with E-state index in [4.69, 9.17) is 20.8 Å². The van der Waals surface area contributed by atoms with Gasteiger partial charge in [-0.05, 0) is 30.7 Å². The van der Waals surface area contributed by atoms with Crippen molar-refractivity contribution in [3.05, 3.63) is 93.0 Å². The fourth-order valence-corrected chi connectivity index (χ4v) is 3.84. The fraction of sp³-hybridized carbons (Fsp3) is 0.292. The Morgan fingerprint density at radius 2 is 1.87 bits per heavy atom. The lowest BCUT2D eigenvalue weighted by Gasteiger charge is -2.33. The van der Waals surface area contributed by atoms with E-state index in [-0.39, 0.29) is 11.2 Å². The molecular formula is C24H26ClN2O3+. The minimum atomic E-state index is -0.139. The van der Waals surface area contributed by atoms with Gasteiger partial charge in [0.25, 0.3) is 0 Å². The van der Waals surface area contributed by atoms with E-state index in [0.717, 1.165) is 42.5 Å². The number of ether oxygens (including phenoxy) is 1. The first-order chi connectivity index (χ1) is 14.6. The van der Waals surface area contributed by atoms with Crippen molar-refractivity contribution >= 4 is 17.3 Å². The van der Waals surface area contributed by atoms with Gasteiger partial charge in [-0.1, -0.05) is 47.5 Å². The predicted octanol–water partition coefficient (Wildman–Crippen LogP) is 3.09. The number of nitrogens with one attached hydrogen (secondary N) is 1. The van der Waals surface area contributed by atoms with Gasteiger partial charge in [0.15, 0.2) is 5.76 Å². The summed E-state index contributed by atoms with van der Waals surface area (Å²) in [5, 5.41) is 0.758. The van der Waals surface area contributed by atoms with Crippen LogP contribution in [-0.4, -0.2) is 26.2 Å². The van der Waals surface area contributed by atoms with Crippen LogP contribution in [0, 0.1) is 6.92 Å². The van der Waals surface area contributed by atoms with Crippen LogP contribution in [0.5, 0.6) is 5.75 Å². The second-order valence-corrected chi connectivity index (χ2v) is 8.18. The normalized spacial score (nSPS) is 14.7. The first-order valence-electron chi connectivity index (χ1n) is 10.2. The number of piperazine rings is 1.